The average Bonchev–Trinajstić information content (AvgIpc) is 2.25. The molecule has 5 N–H and O–H groups in total. The van der Waals surface area contributed by atoms with Gasteiger partial charge < -0.3 is 30.5 Å². The Kier molecular flexibility index (Phi) is 4.63. The van der Waals surface area contributed by atoms with E-state index in [0.29, 0.717) is 0 Å². The van der Waals surface area contributed by atoms with Crippen molar-refractivity contribution in [3.8, 4) is 0 Å². The Balaban J connectivity index is 2.77. The van der Waals surface area contributed by atoms with Crippen molar-refractivity contribution in [3.05, 3.63) is 0 Å². The summed E-state index contributed by atoms with van der Waals surface area (Å²) in [5.74, 6) is -0.402. The first-order valence-electron chi connectivity index (χ1n) is 5.01. The summed E-state index contributed by atoms with van der Waals surface area (Å²) in [6.07, 6.45) is -4.40. The van der Waals surface area contributed by atoms with Gasteiger partial charge in [0.2, 0.25) is 5.91 Å². The van der Waals surface area contributed by atoms with Crippen LogP contribution in [0, 0.1) is 0 Å². The fourth-order valence-electron chi connectivity index (χ4n) is 1.76. The lowest BCUT2D eigenvalue weighted by molar-refractivity contribution is -0.202. The third kappa shape index (κ3) is 2.69. The Hall–Kier alpha value is -0.730. The molecular weight excluding hydrogens is 218 g/mol. The minimum atomic E-state index is -1.30. The van der Waals surface area contributed by atoms with Crippen molar-refractivity contribution in [2.75, 3.05) is 13.2 Å². The highest BCUT2D eigenvalue weighted by atomic mass is 16.5. The van der Waals surface area contributed by atoms with Crippen LogP contribution in [0.5, 0.6) is 0 Å². The lowest BCUT2D eigenvalue weighted by Crippen LogP contribution is -2.64. The summed E-state index contributed by atoms with van der Waals surface area (Å²) < 4.78 is 5.16. The SMILES string of the molecule is CC(=O)N[C@@H]1[C@@H](O)[C@H](O)[C@@H](CO)O[C@@H]1CO. The molecule has 5 atom stereocenters. The van der Waals surface area contributed by atoms with Gasteiger partial charge in [0.05, 0.1) is 19.3 Å². The standard InChI is InChI=1S/C9H17NO6/c1-4(13)10-7-5(2-11)16-6(3-12)8(14)9(7)15/h5-9,11-12,14-15H,2-3H2,1H3,(H,10,13)/t5-,6-,7+,8-,9-/m1/s1. The first kappa shape index (κ1) is 13.3. The molecule has 1 aliphatic heterocycles. The maximum atomic E-state index is 10.9. The summed E-state index contributed by atoms with van der Waals surface area (Å²) in [4.78, 5) is 10.9. The van der Waals surface area contributed by atoms with Gasteiger partial charge in [-0.2, -0.15) is 0 Å². The van der Waals surface area contributed by atoms with Crippen LogP contribution in [0.2, 0.25) is 0 Å². The number of carbonyl (C=O) groups excluding carboxylic acids is 1. The summed E-state index contributed by atoms with van der Waals surface area (Å²) >= 11 is 0. The van der Waals surface area contributed by atoms with Crippen LogP contribution in [-0.2, 0) is 9.53 Å². The zero-order valence-electron chi connectivity index (χ0n) is 8.91. The monoisotopic (exact) mass is 235 g/mol. The van der Waals surface area contributed by atoms with E-state index in [2.05, 4.69) is 5.32 Å². The van der Waals surface area contributed by atoms with Crippen LogP contribution in [0.3, 0.4) is 0 Å². The maximum absolute atomic E-state index is 10.9. The number of aliphatic hydroxyl groups excluding tert-OH is 4. The maximum Gasteiger partial charge on any atom is 0.217 e. The summed E-state index contributed by atoms with van der Waals surface area (Å²) in [5, 5.41) is 39.6. The quantitative estimate of drug-likeness (QED) is 0.355. The molecule has 0 spiro atoms. The Morgan fingerprint density at radius 1 is 1.19 bits per heavy atom. The van der Waals surface area contributed by atoms with Crippen LogP contribution < -0.4 is 5.32 Å². The van der Waals surface area contributed by atoms with E-state index in [0.717, 1.165) is 0 Å². The van der Waals surface area contributed by atoms with E-state index in [9.17, 15) is 15.0 Å². The molecule has 1 aliphatic rings. The van der Waals surface area contributed by atoms with E-state index >= 15 is 0 Å². The normalized spacial score (nSPS) is 39.4. The third-order valence-electron chi connectivity index (χ3n) is 2.58. The molecule has 0 aliphatic carbocycles. The second-order valence-corrected chi connectivity index (χ2v) is 3.79. The lowest BCUT2D eigenvalue weighted by atomic mass is 9.93. The van der Waals surface area contributed by atoms with E-state index in [1.165, 1.54) is 6.92 Å². The molecule has 0 aromatic rings. The van der Waals surface area contributed by atoms with Gasteiger partial charge in [-0.1, -0.05) is 0 Å². The van der Waals surface area contributed by atoms with Crippen molar-refractivity contribution in [2.45, 2.75) is 37.4 Å². The van der Waals surface area contributed by atoms with Gasteiger partial charge in [0.15, 0.2) is 0 Å². The Labute approximate surface area is 92.7 Å². The van der Waals surface area contributed by atoms with Crippen LogP contribution in [0.4, 0.5) is 0 Å². The van der Waals surface area contributed by atoms with E-state index in [1.54, 1.807) is 0 Å². The van der Waals surface area contributed by atoms with Crippen molar-refractivity contribution >= 4 is 5.91 Å². The van der Waals surface area contributed by atoms with Gasteiger partial charge in [-0.15, -0.1) is 0 Å². The molecule has 0 aromatic heterocycles. The molecule has 7 heteroatoms. The highest BCUT2D eigenvalue weighted by Gasteiger charge is 2.44. The lowest BCUT2D eigenvalue weighted by Gasteiger charge is -2.41. The zero-order valence-corrected chi connectivity index (χ0v) is 8.91. The first-order valence-corrected chi connectivity index (χ1v) is 5.01. The molecule has 94 valence electrons. The van der Waals surface area contributed by atoms with Gasteiger partial charge in [-0.05, 0) is 0 Å². The number of hydrogen-bond acceptors (Lipinski definition) is 6. The number of rotatable bonds is 3. The first-order chi connectivity index (χ1) is 7.51. The number of hydrogen-bond donors (Lipinski definition) is 5. The van der Waals surface area contributed by atoms with Gasteiger partial charge in [0.25, 0.3) is 0 Å². The van der Waals surface area contributed by atoms with E-state index in [4.69, 9.17) is 14.9 Å². The minimum Gasteiger partial charge on any atom is -0.394 e. The highest BCUT2D eigenvalue weighted by molar-refractivity contribution is 5.73. The van der Waals surface area contributed by atoms with Crippen molar-refractivity contribution in [1.29, 1.82) is 0 Å². The smallest absolute Gasteiger partial charge is 0.217 e. The summed E-state index contributed by atoms with van der Waals surface area (Å²) in [6, 6.07) is -0.889. The second kappa shape index (κ2) is 5.55. The van der Waals surface area contributed by atoms with Gasteiger partial charge in [-0.25, -0.2) is 0 Å². The summed E-state index contributed by atoms with van der Waals surface area (Å²) in [5.41, 5.74) is 0. The Morgan fingerprint density at radius 2 is 1.75 bits per heavy atom. The molecular formula is C9H17NO6. The predicted molar refractivity (Wildman–Crippen MR) is 52.5 cm³/mol. The van der Waals surface area contributed by atoms with E-state index < -0.39 is 49.6 Å². The Morgan fingerprint density at radius 3 is 2.19 bits per heavy atom. The molecule has 16 heavy (non-hydrogen) atoms. The number of amides is 1. The van der Waals surface area contributed by atoms with Crippen molar-refractivity contribution in [1.82, 2.24) is 5.32 Å². The largest absolute Gasteiger partial charge is 0.394 e. The number of aliphatic hydroxyl groups is 4. The molecule has 0 aromatic carbocycles. The van der Waals surface area contributed by atoms with Crippen LogP contribution in [-0.4, -0.2) is 70.0 Å². The topological polar surface area (TPSA) is 119 Å². The molecule has 0 bridgehead atoms. The average molecular weight is 235 g/mol. The fraction of sp³-hybridized carbons (Fsp3) is 0.889. The van der Waals surface area contributed by atoms with E-state index in [1.807, 2.05) is 0 Å². The Bertz CT molecular complexity index is 246. The van der Waals surface area contributed by atoms with Crippen LogP contribution in [0.15, 0.2) is 0 Å². The molecule has 0 unspecified atom stereocenters. The molecule has 1 heterocycles. The number of ether oxygens (including phenoxy) is 1. The molecule has 1 saturated heterocycles. The molecule has 1 fully saturated rings. The van der Waals surface area contributed by atoms with Crippen LogP contribution in [0.1, 0.15) is 6.92 Å². The summed E-state index contributed by atoms with van der Waals surface area (Å²) in [6.45, 7) is 0.360. The van der Waals surface area contributed by atoms with Gasteiger partial charge >= 0.3 is 0 Å². The molecule has 0 saturated carbocycles. The minimum absolute atomic E-state index is 0.402. The van der Waals surface area contributed by atoms with Crippen LogP contribution in [0.25, 0.3) is 0 Å². The predicted octanol–water partition coefficient (Wildman–Crippen LogP) is -3.04. The molecule has 1 rings (SSSR count). The van der Waals surface area contributed by atoms with Gasteiger partial charge in [-0.3, -0.25) is 4.79 Å². The number of carbonyl (C=O) groups is 1. The van der Waals surface area contributed by atoms with Crippen molar-refractivity contribution in [2.24, 2.45) is 0 Å². The van der Waals surface area contributed by atoms with Crippen molar-refractivity contribution < 1.29 is 30.0 Å². The molecule has 1 amide bonds. The van der Waals surface area contributed by atoms with Gasteiger partial charge in [0.1, 0.15) is 24.4 Å². The van der Waals surface area contributed by atoms with Crippen molar-refractivity contribution in [3.63, 3.8) is 0 Å². The second-order valence-electron chi connectivity index (χ2n) is 3.79. The molecule has 0 radical (unpaired) electrons. The zero-order chi connectivity index (χ0) is 12.3. The molecule has 7 nitrogen and oxygen atoms in total. The van der Waals surface area contributed by atoms with E-state index in [-0.39, 0.29) is 0 Å². The fourth-order valence-corrected chi connectivity index (χ4v) is 1.76. The van der Waals surface area contributed by atoms with Crippen LogP contribution >= 0.6 is 0 Å². The number of nitrogens with one attached hydrogen (secondary N) is 1. The third-order valence-corrected chi connectivity index (χ3v) is 2.58. The van der Waals surface area contributed by atoms with Gasteiger partial charge in [0, 0.05) is 6.92 Å². The highest BCUT2D eigenvalue weighted by Crippen LogP contribution is 2.20. The summed E-state index contributed by atoms with van der Waals surface area (Å²) in [7, 11) is 0.